The highest BCUT2D eigenvalue weighted by atomic mass is 35.5. The number of hydrogen-bond donors (Lipinski definition) is 1. The molecule has 1 aromatic carbocycles. The third-order valence-electron chi connectivity index (χ3n) is 3.75. The normalized spacial score (nSPS) is 20.7. The highest BCUT2D eigenvalue weighted by Crippen LogP contribution is 2.25. The van der Waals surface area contributed by atoms with Crippen molar-refractivity contribution in [3.05, 3.63) is 33.8 Å². The van der Waals surface area contributed by atoms with E-state index in [0.29, 0.717) is 16.1 Å². The van der Waals surface area contributed by atoms with Gasteiger partial charge >= 0.3 is 0 Å². The number of nitrogens with one attached hydrogen (secondary N) is 1. The van der Waals surface area contributed by atoms with Crippen LogP contribution in [0.1, 0.15) is 31.7 Å². The highest BCUT2D eigenvalue weighted by molar-refractivity contribution is 6.42. The Labute approximate surface area is 126 Å². The van der Waals surface area contributed by atoms with E-state index in [1.54, 1.807) is 0 Å². The molecule has 2 nitrogen and oxygen atoms in total. The molecule has 0 spiro atoms. The average molecular weight is 301 g/mol. The maximum Gasteiger partial charge on any atom is 0.0595 e. The fourth-order valence-electron chi connectivity index (χ4n) is 2.68. The Morgan fingerprint density at radius 3 is 2.84 bits per heavy atom. The van der Waals surface area contributed by atoms with Gasteiger partial charge in [-0.2, -0.15) is 0 Å². The van der Waals surface area contributed by atoms with Crippen LogP contribution in [0.2, 0.25) is 10.0 Å². The number of halogens is 2. The quantitative estimate of drug-likeness (QED) is 0.885. The van der Waals surface area contributed by atoms with Crippen molar-refractivity contribution in [2.24, 2.45) is 0 Å². The maximum atomic E-state index is 6.09. The molecule has 2 rings (SSSR count). The minimum absolute atomic E-state index is 0.633. The van der Waals surface area contributed by atoms with Crippen molar-refractivity contribution in [1.82, 2.24) is 10.2 Å². The standard InChI is InChI=1S/C15H22Cl2N2/c1-2-18-10-13-5-3-4-8-19(13)11-12-6-7-14(16)15(17)9-12/h6-7,9,13,18H,2-5,8,10-11H2,1H3. The molecule has 19 heavy (non-hydrogen) atoms. The number of benzene rings is 1. The molecule has 0 amide bonds. The molecule has 1 saturated heterocycles. The van der Waals surface area contributed by atoms with Gasteiger partial charge in [0.2, 0.25) is 0 Å². The molecule has 106 valence electrons. The Balaban J connectivity index is 1.99. The molecule has 1 heterocycles. The molecule has 0 bridgehead atoms. The predicted octanol–water partition coefficient (Wildman–Crippen LogP) is 3.96. The van der Waals surface area contributed by atoms with Gasteiger partial charge in [0.05, 0.1) is 10.0 Å². The molecule has 1 aliphatic heterocycles. The van der Waals surface area contributed by atoms with Crippen molar-refractivity contribution in [1.29, 1.82) is 0 Å². The summed E-state index contributed by atoms with van der Waals surface area (Å²) in [6, 6.07) is 6.60. The number of likely N-dealkylation sites (N-methyl/N-ethyl adjacent to an activating group) is 1. The van der Waals surface area contributed by atoms with Crippen molar-refractivity contribution >= 4 is 23.2 Å². The van der Waals surface area contributed by atoms with Gasteiger partial charge in [-0.15, -0.1) is 0 Å². The number of piperidine rings is 1. The molecule has 1 fully saturated rings. The molecule has 1 atom stereocenters. The largest absolute Gasteiger partial charge is 0.315 e. The van der Waals surface area contributed by atoms with E-state index in [2.05, 4.69) is 23.2 Å². The summed E-state index contributed by atoms with van der Waals surface area (Å²) in [7, 11) is 0. The summed E-state index contributed by atoms with van der Waals surface area (Å²) in [6.07, 6.45) is 3.92. The molecule has 1 aromatic rings. The first-order valence-corrected chi connectivity index (χ1v) is 7.85. The molecule has 1 unspecified atom stereocenters. The summed E-state index contributed by atoms with van der Waals surface area (Å²) in [5.74, 6) is 0. The molecular formula is C15H22Cl2N2. The second-order valence-electron chi connectivity index (χ2n) is 5.18. The lowest BCUT2D eigenvalue weighted by molar-refractivity contribution is 0.138. The number of hydrogen-bond acceptors (Lipinski definition) is 2. The maximum absolute atomic E-state index is 6.09. The van der Waals surface area contributed by atoms with E-state index < -0.39 is 0 Å². The third-order valence-corrected chi connectivity index (χ3v) is 4.49. The zero-order valence-corrected chi connectivity index (χ0v) is 13.0. The van der Waals surface area contributed by atoms with E-state index in [0.717, 1.165) is 19.6 Å². The van der Waals surface area contributed by atoms with Crippen LogP contribution >= 0.6 is 23.2 Å². The molecule has 4 heteroatoms. The second kappa shape index (κ2) is 7.49. The van der Waals surface area contributed by atoms with E-state index in [1.165, 1.54) is 31.4 Å². The summed E-state index contributed by atoms with van der Waals surface area (Å²) in [5, 5.41) is 4.75. The lowest BCUT2D eigenvalue weighted by Crippen LogP contribution is -2.44. The Hall–Kier alpha value is -0.280. The number of rotatable bonds is 5. The van der Waals surface area contributed by atoms with Gasteiger partial charge in [0.15, 0.2) is 0 Å². The summed E-state index contributed by atoms with van der Waals surface area (Å²) in [4.78, 5) is 2.56. The minimum atomic E-state index is 0.633. The predicted molar refractivity (Wildman–Crippen MR) is 83.1 cm³/mol. The van der Waals surface area contributed by atoms with Gasteiger partial charge in [0.1, 0.15) is 0 Å². The van der Waals surface area contributed by atoms with Crippen LogP contribution in [-0.4, -0.2) is 30.6 Å². The molecule has 1 N–H and O–H groups in total. The summed E-state index contributed by atoms with van der Waals surface area (Å²) in [5.41, 5.74) is 1.25. The van der Waals surface area contributed by atoms with Crippen LogP contribution < -0.4 is 5.32 Å². The van der Waals surface area contributed by atoms with Gasteiger partial charge in [0, 0.05) is 19.1 Å². The van der Waals surface area contributed by atoms with Crippen molar-refractivity contribution < 1.29 is 0 Å². The van der Waals surface area contributed by atoms with E-state index in [-0.39, 0.29) is 0 Å². The average Bonchev–Trinajstić information content (AvgIpc) is 2.42. The fraction of sp³-hybridized carbons (Fsp3) is 0.600. The van der Waals surface area contributed by atoms with E-state index in [4.69, 9.17) is 23.2 Å². The van der Waals surface area contributed by atoms with Crippen molar-refractivity contribution in [2.75, 3.05) is 19.6 Å². The third kappa shape index (κ3) is 4.35. The highest BCUT2D eigenvalue weighted by Gasteiger charge is 2.21. The summed E-state index contributed by atoms with van der Waals surface area (Å²) < 4.78 is 0. The van der Waals surface area contributed by atoms with Gasteiger partial charge in [-0.25, -0.2) is 0 Å². The number of likely N-dealkylation sites (tertiary alicyclic amines) is 1. The van der Waals surface area contributed by atoms with Crippen LogP contribution in [0.3, 0.4) is 0 Å². The lowest BCUT2D eigenvalue weighted by atomic mass is 10.0. The summed E-state index contributed by atoms with van der Waals surface area (Å²) in [6.45, 7) is 6.42. The molecule has 0 saturated carbocycles. The van der Waals surface area contributed by atoms with E-state index in [1.807, 2.05) is 12.1 Å². The Kier molecular flexibility index (Phi) is 5.96. The van der Waals surface area contributed by atoms with Crippen LogP contribution in [0, 0.1) is 0 Å². The van der Waals surface area contributed by atoms with Crippen LogP contribution in [0.4, 0.5) is 0 Å². The molecule has 0 radical (unpaired) electrons. The first-order valence-electron chi connectivity index (χ1n) is 7.09. The van der Waals surface area contributed by atoms with E-state index >= 15 is 0 Å². The van der Waals surface area contributed by atoms with Crippen LogP contribution in [0.5, 0.6) is 0 Å². The minimum Gasteiger partial charge on any atom is -0.315 e. The Bertz CT molecular complexity index is 409. The van der Waals surface area contributed by atoms with Gasteiger partial charge in [-0.1, -0.05) is 42.6 Å². The van der Waals surface area contributed by atoms with Crippen molar-refractivity contribution in [3.8, 4) is 0 Å². The van der Waals surface area contributed by atoms with Crippen LogP contribution in [0.15, 0.2) is 18.2 Å². The van der Waals surface area contributed by atoms with Gasteiger partial charge < -0.3 is 5.32 Å². The number of nitrogens with zero attached hydrogens (tertiary/aromatic N) is 1. The van der Waals surface area contributed by atoms with Crippen molar-refractivity contribution in [3.63, 3.8) is 0 Å². The fourth-order valence-corrected chi connectivity index (χ4v) is 3.00. The zero-order valence-electron chi connectivity index (χ0n) is 11.5. The van der Waals surface area contributed by atoms with Crippen molar-refractivity contribution in [2.45, 2.75) is 38.8 Å². The second-order valence-corrected chi connectivity index (χ2v) is 5.99. The molecule has 0 aliphatic carbocycles. The Morgan fingerprint density at radius 2 is 2.11 bits per heavy atom. The van der Waals surface area contributed by atoms with Crippen LogP contribution in [0.25, 0.3) is 0 Å². The monoisotopic (exact) mass is 300 g/mol. The molecular weight excluding hydrogens is 279 g/mol. The summed E-state index contributed by atoms with van der Waals surface area (Å²) >= 11 is 12.1. The molecule has 0 aromatic heterocycles. The van der Waals surface area contributed by atoms with E-state index in [9.17, 15) is 0 Å². The van der Waals surface area contributed by atoms with Crippen LogP contribution in [-0.2, 0) is 6.54 Å². The first kappa shape index (κ1) is 15.1. The first-order chi connectivity index (χ1) is 9.20. The smallest absolute Gasteiger partial charge is 0.0595 e. The zero-order chi connectivity index (χ0) is 13.7. The SMILES string of the molecule is CCNCC1CCCCN1Cc1ccc(Cl)c(Cl)c1. The van der Waals surface area contributed by atoms with Gasteiger partial charge in [-0.3, -0.25) is 4.90 Å². The van der Waals surface area contributed by atoms with Gasteiger partial charge in [-0.05, 0) is 43.6 Å². The lowest BCUT2D eigenvalue weighted by Gasteiger charge is -2.36. The Morgan fingerprint density at radius 1 is 1.26 bits per heavy atom. The van der Waals surface area contributed by atoms with Gasteiger partial charge in [0.25, 0.3) is 0 Å². The topological polar surface area (TPSA) is 15.3 Å². The molecule has 1 aliphatic rings.